The highest BCUT2D eigenvalue weighted by Gasteiger charge is 2.53. The summed E-state index contributed by atoms with van der Waals surface area (Å²) in [6.45, 7) is 5.01. The van der Waals surface area contributed by atoms with Crippen molar-refractivity contribution >= 4 is 24.3 Å². The molecule has 2 bridgehead atoms. The van der Waals surface area contributed by atoms with Crippen molar-refractivity contribution < 1.29 is 14.3 Å². The van der Waals surface area contributed by atoms with Crippen LogP contribution in [0.5, 0.6) is 0 Å². The zero-order chi connectivity index (χ0) is 19.7. The summed E-state index contributed by atoms with van der Waals surface area (Å²) in [4.78, 5) is 31.9. The molecule has 1 saturated carbocycles. The fraction of sp³-hybridized carbons (Fsp3) is 0.650. The first-order valence-corrected chi connectivity index (χ1v) is 10.1. The number of nitrogens with two attached hydrogens (primary N) is 1. The van der Waals surface area contributed by atoms with Crippen molar-refractivity contribution in [1.29, 1.82) is 0 Å². The largest absolute Gasteiger partial charge is 0.373 e. The van der Waals surface area contributed by atoms with Gasteiger partial charge in [-0.15, -0.1) is 12.4 Å². The molecule has 8 nitrogen and oxygen atoms in total. The third kappa shape index (κ3) is 3.93. The van der Waals surface area contributed by atoms with Crippen LogP contribution in [0.2, 0.25) is 0 Å². The van der Waals surface area contributed by atoms with E-state index in [1.54, 1.807) is 19.4 Å². The minimum atomic E-state index is -0.514. The van der Waals surface area contributed by atoms with Crippen molar-refractivity contribution in [1.82, 2.24) is 20.1 Å². The van der Waals surface area contributed by atoms with Crippen LogP contribution >= 0.6 is 12.4 Å². The van der Waals surface area contributed by atoms with Gasteiger partial charge in [-0.05, 0) is 30.5 Å². The lowest BCUT2D eigenvalue weighted by Crippen LogP contribution is -2.59. The maximum absolute atomic E-state index is 11.8. The molecule has 3 amide bonds. The van der Waals surface area contributed by atoms with Crippen LogP contribution in [0.1, 0.15) is 35.3 Å². The zero-order valence-corrected chi connectivity index (χ0v) is 17.6. The molecule has 3 heterocycles. The van der Waals surface area contributed by atoms with Crippen LogP contribution in [0.15, 0.2) is 18.3 Å². The Morgan fingerprint density at radius 2 is 2.07 bits per heavy atom. The van der Waals surface area contributed by atoms with Gasteiger partial charge < -0.3 is 25.6 Å². The molecule has 3 aliphatic rings. The predicted octanol–water partition coefficient (Wildman–Crippen LogP) is 1.20. The number of urea groups is 1. The second kappa shape index (κ2) is 8.85. The van der Waals surface area contributed by atoms with Gasteiger partial charge in [0.2, 0.25) is 0 Å². The lowest BCUT2D eigenvalue weighted by Gasteiger charge is -2.55. The van der Waals surface area contributed by atoms with Crippen molar-refractivity contribution in [3.63, 3.8) is 0 Å². The van der Waals surface area contributed by atoms with E-state index in [0.717, 1.165) is 57.7 Å². The molecule has 2 aliphatic heterocycles. The van der Waals surface area contributed by atoms with Gasteiger partial charge in [0.05, 0.1) is 0 Å². The van der Waals surface area contributed by atoms with Gasteiger partial charge in [0.15, 0.2) is 0 Å². The van der Waals surface area contributed by atoms with E-state index in [4.69, 9.17) is 10.5 Å². The van der Waals surface area contributed by atoms with Crippen molar-refractivity contribution in [2.45, 2.75) is 24.9 Å². The minimum absolute atomic E-state index is 0. The molecule has 0 aromatic carbocycles. The molecule has 4 rings (SSSR count). The Hall–Kier alpha value is -1.90. The number of primary amides is 1. The lowest BCUT2D eigenvalue weighted by molar-refractivity contribution is -0.169. The maximum atomic E-state index is 11.8. The summed E-state index contributed by atoms with van der Waals surface area (Å²) in [6.07, 6.45) is 5.01. The third-order valence-electron chi connectivity index (χ3n) is 6.71. The molecular weight excluding hydrogens is 394 g/mol. The number of hydrogen-bond acceptors (Lipinski definition) is 5. The number of pyridine rings is 1. The summed E-state index contributed by atoms with van der Waals surface area (Å²) in [5, 5.41) is 2.86. The van der Waals surface area contributed by atoms with E-state index in [1.807, 2.05) is 11.0 Å². The summed E-state index contributed by atoms with van der Waals surface area (Å²) in [6, 6.07) is 3.81. The van der Waals surface area contributed by atoms with Gasteiger partial charge in [-0.1, -0.05) is 6.42 Å². The SMILES string of the molecule is CO[C@@]1(c2ccnc(C(N)=O)c2)[C@@H]2CCC[C@H]1CN(CCN1CCNC1=O)C2.Cl. The highest BCUT2D eigenvalue weighted by atomic mass is 35.5. The Labute approximate surface area is 177 Å². The number of carbonyl (C=O) groups excluding carboxylic acids is 2. The molecule has 1 aromatic heterocycles. The number of ether oxygens (including phenoxy) is 1. The molecule has 0 spiro atoms. The number of piperidine rings is 1. The third-order valence-corrected chi connectivity index (χ3v) is 6.71. The summed E-state index contributed by atoms with van der Waals surface area (Å²) in [7, 11) is 1.78. The molecule has 2 saturated heterocycles. The van der Waals surface area contributed by atoms with E-state index >= 15 is 0 Å². The number of amides is 3. The molecule has 1 aliphatic carbocycles. The Balaban J connectivity index is 0.00000240. The molecule has 1 aromatic rings. The normalized spacial score (nSPS) is 29.3. The van der Waals surface area contributed by atoms with E-state index in [1.165, 1.54) is 6.42 Å². The van der Waals surface area contributed by atoms with E-state index in [9.17, 15) is 9.59 Å². The topological polar surface area (TPSA) is 101 Å². The molecular formula is C20H30ClN5O3. The van der Waals surface area contributed by atoms with Gasteiger partial charge in [0, 0.05) is 64.4 Å². The van der Waals surface area contributed by atoms with Gasteiger partial charge in [0.1, 0.15) is 11.3 Å². The number of hydrogen-bond donors (Lipinski definition) is 2. The molecule has 29 heavy (non-hydrogen) atoms. The Bertz CT molecular complexity index is 747. The van der Waals surface area contributed by atoms with Crippen molar-refractivity contribution in [2.75, 3.05) is 46.4 Å². The molecule has 9 heteroatoms. The standard InChI is InChI=1S/C20H29N5O3.ClH/c1-28-20(14-5-6-22-17(11-14)18(21)26)15-3-2-4-16(20)13-24(12-15)9-10-25-8-7-23-19(25)27;/h5-6,11,15-16H,2-4,7-10,12-13H2,1H3,(H2,21,26)(H,23,27);1H/t15-,16+,20+;. The van der Waals surface area contributed by atoms with Crippen LogP contribution < -0.4 is 11.1 Å². The Kier molecular flexibility index (Phi) is 6.65. The van der Waals surface area contributed by atoms with Crippen LogP contribution in [0, 0.1) is 11.8 Å². The monoisotopic (exact) mass is 423 g/mol. The predicted molar refractivity (Wildman–Crippen MR) is 111 cm³/mol. The first-order chi connectivity index (χ1) is 13.5. The molecule has 3 N–H and O–H groups in total. The Morgan fingerprint density at radius 1 is 1.34 bits per heavy atom. The number of rotatable bonds is 6. The molecule has 3 atom stereocenters. The number of carbonyl (C=O) groups is 2. The fourth-order valence-corrected chi connectivity index (χ4v) is 5.42. The lowest BCUT2D eigenvalue weighted by atomic mass is 9.62. The van der Waals surface area contributed by atoms with Gasteiger partial charge >= 0.3 is 6.03 Å². The number of aromatic nitrogens is 1. The Morgan fingerprint density at radius 3 is 2.66 bits per heavy atom. The average Bonchev–Trinajstić information content (AvgIpc) is 3.10. The van der Waals surface area contributed by atoms with E-state index in [2.05, 4.69) is 15.2 Å². The van der Waals surface area contributed by atoms with Crippen LogP contribution in [0.25, 0.3) is 0 Å². The molecule has 160 valence electrons. The maximum Gasteiger partial charge on any atom is 0.317 e. The number of nitrogens with zero attached hydrogens (tertiary/aromatic N) is 3. The second-order valence-electron chi connectivity index (χ2n) is 8.09. The van der Waals surface area contributed by atoms with E-state index < -0.39 is 11.5 Å². The molecule has 0 unspecified atom stereocenters. The zero-order valence-electron chi connectivity index (χ0n) is 16.8. The van der Waals surface area contributed by atoms with Crippen LogP contribution in [0.3, 0.4) is 0 Å². The minimum Gasteiger partial charge on any atom is -0.373 e. The first-order valence-electron chi connectivity index (χ1n) is 10.1. The van der Waals surface area contributed by atoms with Crippen molar-refractivity contribution in [2.24, 2.45) is 17.6 Å². The van der Waals surface area contributed by atoms with E-state index in [-0.39, 0.29) is 24.1 Å². The van der Waals surface area contributed by atoms with Crippen LogP contribution in [-0.2, 0) is 10.3 Å². The van der Waals surface area contributed by atoms with Gasteiger partial charge in [-0.3, -0.25) is 9.78 Å². The molecule has 3 fully saturated rings. The number of fused-ring (bicyclic) bond motifs is 2. The van der Waals surface area contributed by atoms with Gasteiger partial charge in [0.25, 0.3) is 5.91 Å². The molecule has 0 radical (unpaired) electrons. The van der Waals surface area contributed by atoms with Crippen LogP contribution in [0.4, 0.5) is 4.79 Å². The number of likely N-dealkylation sites (tertiary alicyclic amines) is 1. The number of methoxy groups -OCH3 is 1. The quantitative estimate of drug-likeness (QED) is 0.716. The smallest absolute Gasteiger partial charge is 0.317 e. The fourth-order valence-electron chi connectivity index (χ4n) is 5.42. The van der Waals surface area contributed by atoms with Crippen molar-refractivity contribution in [3.05, 3.63) is 29.6 Å². The van der Waals surface area contributed by atoms with Crippen molar-refractivity contribution in [3.8, 4) is 0 Å². The first kappa shape index (κ1) is 21.8. The van der Waals surface area contributed by atoms with Gasteiger partial charge in [-0.25, -0.2) is 4.79 Å². The summed E-state index contributed by atoms with van der Waals surface area (Å²) < 4.78 is 6.23. The summed E-state index contributed by atoms with van der Waals surface area (Å²) >= 11 is 0. The number of nitrogens with one attached hydrogen (secondary N) is 1. The average molecular weight is 424 g/mol. The number of halogens is 1. The second-order valence-corrected chi connectivity index (χ2v) is 8.09. The summed E-state index contributed by atoms with van der Waals surface area (Å²) in [5.74, 6) is 0.153. The highest BCUT2D eigenvalue weighted by molar-refractivity contribution is 5.90. The van der Waals surface area contributed by atoms with Crippen LogP contribution in [-0.4, -0.2) is 73.1 Å². The summed E-state index contributed by atoms with van der Waals surface area (Å²) in [5.41, 5.74) is 6.34. The van der Waals surface area contributed by atoms with Gasteiger partial charge in [-0.2, -0.15) is 0 Å². The highest BCUT2D eigenvalue weighted by Crippen LogP contribution is 2.51. The van der Waals surface area contributed by atoms with E-state index in [0.29, 0.717) is 11.8 Å².